The Balaban J connectivity index is 1.52. The SMILES string of the molecule is N#Cc1cn(Cc2nc(-c3cccc(CN4CCOCC4)c3)no2)c(=O)[nH]c1=O. The monoisotopic (exact) mass is 394 g/mol. The van der Waals surface area contributed by atoms with Crippen LogP contribution in [-0.4, -0.2) is 50.9 Å². The van der Waals surface area contributed by atoms with Crippen LogP contribution in [0.5, 0.6) is 0 Å². The minimum atomic E-state index is -0.725. The van der Waals surface area contributed by atoms with E-state index in [0.29, 0.717) is 5.82 Å². The molecule has 1 fully saturated rings. The molecule has 3 aromatic rings. The Morgan fingerprint density at radius 3 is 2.83 bits per heavy atom. The molecule has 1 N–H and O–H groups in total. The van der Waals surface area contributed by atoms with Crippen molar-refractivity contribution in [1.82, 2.24) is 24.6 Å². The summed E-state index contributed by atoms with van der Waals surface area (Å²) in [6.45, 7) is 4.04. The van der Waals surface area contributed by atoms with E-state index in [9.17, 15) is 9.59 Å². The number of morpholine rings is 1. The average Bonchev–Trinajstić information content (AvgIpc) is 3.20. The molecule has 2 aromatic heterocycles. The van der Waals surface area contributed by atoms with Crippen LogP contribution in [-0.2, 0) is 17.8 Å². The maximum Gasteiger partial charge on any atom is 0.328 e. The van der Waals surface area contributed by atoms with Gasteiger partial charge in [-0.05, 0) is 11.6 Å². The first kappa shape index (κ1) is 18.8. The third-order valence-corrected chi connectivity index (χ3v) is 4.60. The first-order valence-electron chi connectivity index (χ1n) is 9.08. The van der Waals surface area contributed by atoms with Crippen LogP contribution in [0.1, 0.15) is 17.0 Å². The molecule has 3 heterocycles. The zero-order valence-corrected chi connectivity index (χ0v) is 15.5. The Morgan fingerprint density at radius 1 is 1.21 bits per heavy atom. The van der Waals surface area contributed by atoms with E-state index in [2.05, 4.69) is 20.0 Å². The van der Waals surface area contributed by atoms with E-state index in [0.717, 1.165) is 48.5 Å². The minimum Gasteiger partial charge on any atom is -0.379 e. The number of ether oxygens (including phenoxy) is 1. The Kier molecular flexibility index (Phi) is 5.33. The summed E-state index contributed by atoms with van der Waals surface area (Å²) in [6.07, 6.45) is 1.17. The molecule has 0 unspecified atom stereocenters. The van der Waals surface area contributed by atoms with Crippen molar-refractivity contribution in [1.29, 1.82) is 5.26 Å². The van der Waals surface area contributed by atoms with Crippen molar-refractivity contribution in [2.24, 2.45) is 0 Å². The van der Waals surface area contributed by atoms with Gasteiger partial charge in [-0.1, -0.05) is 23.4 Å². The van der Waals surface area contributed by atoms with Crippen molar-refractivity contribution in [2.45, 2.75) is 13.1 Å². The van der Waals surface area contributed by atoms with Crippen LogP contribution in [0.3, 0.4) is 0 Å². The number of rotatable bonds is 5. The van der Waals surface area contributed by atoms with Crippen LogP contribution >= 0.6 is 0 Å². The third kappa shape index (κ3) is 4.31. The summed E-state index contributed by atoms with van der Waals surface area (Å²) < 4.78 is 11.8. The molecule has 1 aliphatic heterocycles. The van der Waals surface area contributed by atoms with Gasteiger partial charge in [0.05, 0.1) is 13.2 Å². The molecule has 1 saturated heterocycles. The van der Waals surface area contributed by atoms with E-state index >= 15 is 0 Å². The molecule has 0 atom stereocenters. The first-order valence-corrected chi connectivity index (χ1v) is 9.08. The summed E-state index contributed by atoms with van der Waals surface area (Å²) in [5.74, 6) is 0.596. The van der Waals surface area contributed by atoms with Gasteiger partial charge >= 0.3 is 5.69 Å². The van der Waals surface area contributed by atoms with Gasteiger partial charge in [-0.25, -0.2) is 4.79 Å². The summed E-state index contributed by atoms with van der Waals surface area (Å²) >= 11 is 0. The van der Waals surface area contributed by atoms with Crippen molar-refractivity contribution >= 4 is 0 Å². The maximum atomic E-state index is 11.9. The van der Waals surface area contributed by atoms with Crippen molar-refractivity contribution in [3.63, 3.8) is 0 Å². The van der Waals surface area contributed by atoms with Crippen molar-refractivity contribution in [3.05, 3.63) is 68.3 Å². The summed E-state index contributed by atoms with van der Waals surface area (Å²) in [7, 11) is 0. The van der Waals surface area contributed by atoms with Gasteiger partial charge < -0.3 is 9.26 Å². The van der Waals surface area contributed by atoms with Crippen LogP contribution in [0.25, 0.3) is 11.4 Å². The van der Waals surface area contributed by atoms with Gasteiger partial charge in [0, 0.05) is 31.4 Å². The maximum absolute atomic E-state index is 11.9. The number of nitrogens with zero attached hydrogens (tertiary/aromatic N) is 5. The second-order valence-electron chi connectivity index (χ2n) is 6.64. The average molecular weight is 394 g/mol. The lowest BCUT2D eigenvalue weighted by Gasteiger charge is -2.26. The number of hydrogen-bond donors (Lipinski definition) is 1. The number of aromatic nitrogens is 4. The summed E-state index contributed by atoms with van der Waals surface area (Å²) in [5, 5.41) is 12.9. The molecule has 0 amide bonds. The van der Waals surface area contributed by atoms with Gasteiger partial charge in [0.25, 0.3) is 5.56 Å². The van der Waals surface area contributed by atoms with E-state index in [1.54, 1.807) is 6.07 Å². The van der Waals surface area contributed by atoms with Crippen molar-refractivity contribution in [3.8, 4) is 17.5 Å². The van der Waals surface area contributed by atoms with Crippen LogP contribution in [0.4, 0.5) is 0 Å². The highest BCUT2D eigenvalue weighted by Crippen LogP contribution is 2.19. The molecule has 10 heteroatoms. The highest BCUT2D eigenvalue weighted by Gasteiger charge is 2.14. The molecule has 0 spiro atoms. The second kappa shape index (κ2) is 8.22. The lowest BCUT2D eigenvalue weighted by molar-refractivity contribution is 0.0342. The lowest BCUT2D eigenvalue weighted by atomic mass is 10.1. The Morgan fingerprint density at radius 2 is 2.03 bits per heavy atom. The number of H-pyrrole nitrogens is 1. The first-order chi connectivity index (χ1) is 14.1. The molecule has 0 radical (unpaired) electrons. The van der Waals surface area contributed by atoms with Crippen LogP contribution in [0.15, 0.2) is 44.6 Å². The standard InChI is InChI=1S/C19H18N6O4/c20-9-15-11-25(19(27)22-18(15)26)12-16-21-17(23-29-16)14-3-1-2-13(8-14)10-24-4-6-28-7-5-24/h1-3,8,11H,4-7,10,12H2,(H,22,26,27). The fourth-order valence-electron chi connectivity index (χ4n) is 3.11. The number of aromatic amines is 1. The van der Waals surface area contributed by atoms with Gasteiger partial charge in [0.1, 0.15) is 18.2 Å². The summed E-state index contributed by atoms with van der Waals surface area (Å²) in [4.78, 5) is 32.1. The minimum absolute atomic E-state index is 0.0508. The van der Waals surface area contributed by atoms with E-state index < -0.39 is 11.2 Å². The predicted octanol–water partition coefficient (Wildman–Crippen LogP) is 0.339. The molecular weight excluding hydrogens is 376 g/mol. The molecule has 0 bridgehead atoms. The number of hydrogen-bond acceptors (Lipinski definition) is 8. The molecule has 0 aliphatic carbocycles. The zero-order valence-electron chi connectivity index (χ0n) is 15.5. The molecule has 1 aromatic carbocycles. The topological polar surface area (TPSA) is 130 Å². The number of benzene rings is 1. The molecule has 1 aliphatic rings. The zero-order chi connectivity index (χ0) is 20.2. The fourth-order valence-corrected chi connectivity index (χ4v) is 3.11. The molecule has 10 nitrogen and oxygen atoms in total. The van der Waals surface area contributed by atoms with E-state index in [1.807, 2.05) is 24.3 Å². The van der Waals surface area contributed by atoms with Gasteiger partial charge in [-0.3, -0.25) is 19.2 Å². The normalized spacial score (nSPS) is 14.6. The van der Waals surface area contributed by atoms with Crippen molar-refractivity contribution in [2.75, 3.05) is 26.3 Å². The fraction of sp³-hybridized carbons (Fsp3) is 0.316. The van der Waals surface area contributed by atoms with Crippen LogP contribution < -0.4 is 11.2 Å². The Labute approximate surface area is 165 Å². The number of nitriles is 1. The highest BCUT2D eigenvalue weighted by atomic mass is 16.5. The van der Waals surface area contributed by atoms with Gasteiger partial charge in [0.15, 0.2) is 0 Å². The molecular formula is C19H18N6O4. The largest absolute Gasteiger partial charge is 0.379 e. The van der Waals surface area contributed by atoms with Crippen LogP contribution in [0, 0.1) is 11.3 Å². The third-order valence-electron chi connectivity index (χ3n) is 4.60. The lowest BCUT2D eigenvalue weighted by Crippen LogP contribution is -2.35. The van der Waals surface area contributed by atoms with Gasteiger partial charge in [-0.2, -0.15) is 10.2 Å². The molecule has 29 heavy (non-hydrogen) atoms. The molecule has 0 saturated carbocycles. The quantitative estimate of drug-likeness (QED) is 0.656. The van der Waals surface area contributed by atoms with E-state index in [-0.39, 0.29) is 18.0 Å². The van der Waals surface area contributed by atoms with Gasteiger partial charge in [0.2, 0.25) is 11.7 Å². The second-order valence-corrected chi connectivity index (χ2v) is 6.64. The highest BCUT2D eigenvalue weighted by molar-refractivity contribution is 5.55. The van der Waals surface area contributed by atoms with Gasteiger partial charge in [-0.15, -0.1) is 0 Å². The Hall–Kier alpha value is -3.55. The predicted molar refractivity (Wildman–Crippen MR) is 101 cm³/mol. The van der Waals surface area contributed by atoms with E-state index in [1.165, 1.54) is 6.20 Å². The smallest absolute Gasteiger partial charge is 0.328 e. The summed E-state index contributed by atoms with van der Waals surface area (Å²) in [6, 6.07) is 9.61. The molecule has 148 valence electrons. The van der Waals surface area contributed by atoms with Crippen molar-refractivity contribution < 1.29 is 9.26 Å². The number of nitrogens with one attached hydrogen (secondary N) is 1. The molecule has 4 rings (SSSR count). The summed E-state index contributed by atoms with van der Waals surface area (Å²) in [5.41, 5.74) is 0.391. The van der Waals surface area contributed by atoms with E-state index in [4.69, 9.17) is 14.5 Å². The van der Waals surface area contributed by atoms with Crippen LogP contribution in [0.2, 0.25) is 0 Å². The Bertz CT molecular complexity index is 1170.